The largest absolute Gasteiger partial charge is 0.466 e. The zero-order valence-corrected chi connectivity index (χ0v) is 14.3. The summed E-state index contributed by atoms with van der Waals surface area (Å²) in [7, 11) is 1.34. The summed E-state index contributed by atoms with van der Waals surface area (Å²) in [6, 6.07) is 7.35. The Labute approximate surface area is 139 Å². The van der Waals surface area contributed by atoms with E-state index in [-0.39, 0.29) is 11.2 Å². The molecule has 1 amide bonds. The molecule has 0 radical (unpaired) electrons. The van der Waals surface area contributed by atoms with Gasteiger partial charge >= 0.3 is 5.97 Å². The number of aliphatic imine (C=N–C) groups is 1. The normalized spacial score (nSPS) is 23.7. The van der Waals surface area contributed by atoms with Crippen molar-refractivity contribution in [3.63, 3.8) is 0 Å². The van der Waals surface area contributed by atoms with Crippen LogP contribution in [0.25, 0.3) is 0 Å². The number of carbonyl (C=O) groups excluding carboxylic acids is 2. The van der Waals surface area contributed by atoms with E-state index in [0.29, 0.717) is 16.4 Å². The van der Waals surface area contributed by atoms with Crippen molar-refractivity contribution in [3.8, 4) is 0 Å². The number of hydrogen-bond acceptors (Lipinski definition) is 5. The Bertz CT molecular complexity index is 737. The van der Waals surface area contributed by atoms with Crippen molar-refractivity contribution in [1.29, 1.82) is 0 Å². The van der Waals surface area contributed by atoms with Crippen LogP contribution in [0.1, 0.15) is 31.0 Å². The van der Waals surface area contributed by atoms with Crippen LogP contribution in [0.15, 0.2) is 40.5 Å². The SMILES string of the molecule is COC(=O)C1=C(C)N=C2S[C@H](C)C(=O)N2[C@H]1c1ccc(C)cc1. The number of benzene rings is 1. The third-order valence-corrected chi connectivity index (χ3v) is 5.11. The predicted molar refractivity (Wildman–Crippen MR) is 90.0 cm³/mol. The summed E-state index contributed by atoms with van der Waals surface area (Å²) >= 11 is 1.42. The fourth-order valence-corrected chi connectivity index (χ4v) is 3.87. The lowest BCUT2D eigenvalue weighted by Crippen LogP contribution is -2.40. The molecular weight excluding hydrogens is 312 g/mol. The van der Waals surface area contributed by atoms with E-state index >= 15 is 0 Å². The highest BCUT2D eigenvalue weighted by molar-refractivity contribution is 8.15. The molecule has 1 aromatic carbocycles. The maximum Gasteiger partial charge on any atom is 0.338 e. The van der Waals surface area contributed by atoms with Gasteiger partial charge in [-0.15, -0.1) is 0 Å². The average Bonchev–Trinajstić information content (AvgIpc) is 2.80. The fourth-order valence-electron chi connectivity index (χ4n) is 2.84. The van der Waals surface area contributed by atoms with Crippen LogP contribution >= 0.6 is 11.8 Å². The minimum Gasteiger partial charge on any atom is -0.466 e. The first-order chi connectivity index (χ1) is 10.9. The zero-order chi connectivity index (χ0) is 16.7. The highest BCUT2D eigenvalue weighted by Gasteiger charge is 2.46. The van der Waals surface area contributed by atoms with E-state index < -0.39 is 12.0 Å². The number of rotatable bonds is 2. The second-order valence-corrected chi connectivity index (χ2v) is 6.97. The summed E-state index contributed by atoms with van der Waals surface area (Å²) in [6.45, 7) is 5.64. The molecule has 2 aliphatic rings. The van der Waals surface area contributed by atoms with Crippen molar-refractivity contribution in [2.45, 2.75) is 32.1 Å². The van der Waals surface area contributed by atoms with E-state index in [2.05, 4.69) is 4.99 Å². The Morgan fingerprint density at radius 3 is 2.52 bits per heavy atom. The lowest BCUT2D eigenvalue weighted by Gasteiger charge is -2.32. The molecule has 0 aromatic heterocycles. The van der Waals surface area contributed by atoms with E-state index in [1.54, 1.807) is 11.8 Å². The van der Waals surface area contributed by atoms with Crippen LogP contribution in [0, 0.1) is 6.92 Å². The fraction of sp³-hybridized carbons (Fsp3) is 0.353. The van der Waals surface area contributed by atoms with Gasteiger partial charge in [0.05, 0.1) is 29.7 Å². The maximum absolute atomic E-state index is 12.6. The second kappa shape index (κ2) is 5.85. The molecule has 0 N–H and O–H groups in total. The van der Waals surface area contributed by atoms with Gasteiger partial charge in [0, 0.05) is 0 Å². The summed E-state index contributed by atoms with van der Waals surface area (Å²) in [5.41, 5.74) is 3.02. The lowest BCUT2D eigenvalue weighted by atomic mass is 9.94. The molecule has 0 unspecified atom stereocenters. The molecule has 1 aromatic rings. The van der Waals surface area contributed by atoms with E-state index in [1.807, 2.05) is 38.1 Å². The standard InChI is InChI=1S/C17H18N2O3S/c1-9-5-7-12(8-6-9)14-13(16(21)22-4)10(2)18-17-19(14)15(20)11(3)23-17/h5-8,11,14H,1-4H3/t11-,14+/m1/s1. The van der Waals surface area contributed by atoms with Gasteiger partial charge in [0.1, 0.15) is 0 Å². The topological polar surface area (TPSA) is 59.0 Å². The van der Waals surface area contributed by atoms with Gasteiger partial charge in [0.2, 0.25) is 5.91 Å². The number of fused-ring (bicyclic) bond motifs is 1. The number of thioether (sulfide) groups is 1. The highest BCUT2D eigenvalue weighted by Crippen LogP contribution is 2.43. The van der Waals surface area contributed by atoms with Crippen molar-refractivity contribution >= 4 is 28.8 Å². The van der Waals surface area contributed by atoms with Gasteiger partial charge in [0.25, 0.3) is 0 Å². The van der Waals surface area contributed by atoms with Gasteiger partial charge in [-0.25, -0.2) is 9.79 Å². The third kappa shape index (κ3) is 2.57. The van der Waals surface area contributed by atoms with Gasteiger partial charge in [-0.2, -0.15) is 0 Å². The number of amides is 1. The molecule has 120 valence electrons. The Hall–Kier alpha value is -2.08. The minimum atomic E-state index is -0.486. The summed E-state index contributed by atoms with van der Waals surface area (Å²) in [5.74, 6) is -0.485. The number of aryl methyl sites for hydroxylation is 1. The van der Waals surface area contributed by atoms with Gasteiger partial charge in [-0.1, -0.05) is 41.6 Å². The minimum absolute atomic E-state index is 0.0340. The number of nitrogens with zero attached hydrogens (tertiary/aromatic N) is 2. The third-order valence-electron chi connectivity index (χ3n) is 4.06. The number of esters is 1. The Morgan fingerprint density at radius 1 is 1.26 bits per heavy atom. The van der Waals surface area contributed by atoms with Crippen LogP contribution in [-0.2, 0) is 14.3 Å². The summed E-state index contributed by atoms with van der Waals surface area (Å²) in [4.78, 5) is 31.0. The van der Waals surface area contributed by atoms with E-state index in [0.717, 1.165) is 11.1 Å². The van der Waals surface area contributed by atoms with Crippen LogP contribution in [0.3, 0.4) is 0 Å². The smallest absolute Gasteiger partial charge is 0.338 e. The predicted octanol–water partition coefficient (Wildman–Crippen LogP) is 2.82. The van der Waals surface area contributed by atoms with Gasteiger partial charge in [0.15, 0.2) is 5.17 Å². The number of carbonyl (C=O) groups is 2. The molecular formula is C17H18N2O3S. The number of hydrogen-bond donors (Lipinski definition) is 0. The molecule has 2 atom stereocenters. The molecule has 3 rings (SSSR count). The Kier molecular flexibility index (Phi) is 4.02. The molecule has 2 heterocycles. The Balaban J connectivity index is 2.17. The van der Waals surface area contributed by atoms with Gasteiger partial charge in [-0.05, 0) is 26.3 Å². The van der Waals surface area contributed by atoms with E-state index in [4.69, 9.17) is 4.74 Å². The monoisotopic (exact) mass is 330 g/mol. The lowest BCUT2D eigenvalue weighted by molar-refractivity contribution is -0.137. The number of methoxy groups -OCH3 is 1. The summed E-state index contributed by atoms with van der Waals surface area (Å²) in [6.07, 6.45) is 0. The molecule has 0 bridgehead atoms. The highest BCUT2D eigenvalue weighted by atomic mass is 32.2. The zero-order valence-electron chi connectivity index (χ0n) is 13.5. The molecule has 0 saturated carbocycles. The van der Waals surface area contributed by atoms with Crippen LogP contribution in [0.5, 0.6) is 0 Å². The molecule has 2 aliphatic heterocycles. The first kappa shape index (κ1) is 15.8. The van der Waals surface area contributed by atoms with Crippen LogP contribution in [0.4, 0.5) is 0 Å². The van der Waals surface area contributed by atoms with E-state index in [1.165, 1.54) is 18.9 Å². The Morgan fingerprint density at radius 2 is 1.91 bits per heavy atom. The molecule has 0 spiro atoms. The number of amidine groups is 1. The second-order valence-electron chi connectivity index (χ2n) is 5.67. The first-order valence-electron chi connectivity index (χ1n) is 7.38. The van der Waals surface area contributed by atoms with Crippen molar-refractivity contribution in [1.82, 2.24) is 4.90 Å². The molecule has 6 heteroatoms. The van der Waals surface area contributed by atoms with Crippen LogP contribution in [-0.4, -0.2) is 34.3 Å². The molecule has 5 nitrogen and oxygen atoms in total. The van der Waals surface area contributed by atoms with Crippen LogP contribution in [0.2, 0.25) is 0 Å². The average molecular weight is 330 g/mol. The quantitative estimate of drug-likeness (QED) is 0.783. The van der Waals surface area contributed by atoms with Crippen LogP contribution < -0.4 is 0 Å². The maximum atomic E-state index is 12.6. The van der Waals surface area contributed by atoms with E-state index in [9.17, 15) is 9.59 Å². The van der Waals surface area contributed by atoms with Gasteiger partial charge < -0.3 is 4.74 Å². The van der Waals surface area contributed by atoms with Gasteiger partial charge in [-0.3, -0.25) is 9.69 Å². The van der Waals surface area contributed by atoms with Crippen molar-refractivity contribution in [2.75, 3.05) is 7.11 Å². The number of ether oxygens (including phenoxy) is 1. The van der Waals surface area contributed by atoms with Crippen molar-refractivity contribution < 1.29 is 14.3 Å². The van der Waals surface area contributed by atoms with Crippen molar-refractivity contribution in [3.05, 3.63) is 46.7 Å². The summed E-state index contributed by atoms with van der Waals surface area (Å²) in [5, 5.41) is 0.449. The molecule has 1 saturated heterocycles. The number of allylic oxidation sites excluding steroid dienone is 1. The molecule has 1 fully saturated rings. The molecule has 23 heavy (non-hydrogen) atoms. The summed E-state index contributed by atoms with van der Waals surface area (Å²) < 4.78 is 4.94. The molecule has 0 aliphatic carbocycles. The van der Waals surface area contributed by atoms with Crippen molar-refractivity contribution in [2.24, 2.45) is 4.99 Å². The first-order valence-corrected chi connectivity index (χ1v) is 8.26.